The predicted molar refractivity (Wildman–Crippen MR) is 130 cm³/mol. The van der Waals surface area contributed by atoms with E-state index < -0.39 is 0 Å². The Kier molecular flexibility index (Phi) is 6.99. The molecule has 3 aromatic rings. The van der Waals surface area contributed by atoms with Crippen molar-refractivity contribution in [3.8, 4) is 17.3 Å². The minimum Gasteiger partial charge on any atom is -0.467 e. The zero-order valence-corrected chi connectivity index (χ0v) is 19.7. The first-order valence-electron chi connectivity index (χ1n) is 12.3. The summed E-state index contributed by atoms with van der Waals surface area (Å²) in [5.41, 5.74) is 2.70. The van der Waals surface area contributed by atoms with E-state index in [4.69, 9.17) is 14.5 Å². The Bertz CT molecular complexity index is 1170. The third-order valence-corrected chi connectivity index (χ3v) is 6.96. The summed E-state index contributed by atoms with van der Waals surface area (Å²) in [6.07, 6.45) is 11.4. The number of ether oxygens (including phenoxy) is 2. The molecule has 0 atom stereocenters. The molecule has 9 nitrogen and oxygen atoms in total. The van der Waals surface area contributed by atoms with Crippen molar-refractivity contribution >= 4 is 17.0 Å². The molecule has 2 fully saturated rings. The molecule has 0 amide bonds. The number of aromatic nitrogens is 5. The summed E-state index contributed by atoms with van der Waals surface area (Å²) in [5.74, 6) is 1.39. The minimum absolute atomic E-state index is 0.0965. The van der Waals surface area contributed by atoms with Gasteiger partial charge in [-0.3, -0.25) is 9.36 Å². The molecule has 0 radical (unpaired) electrons. The third-order valence-electron chi connectivity index (χ3n) is 6.96. The van der Waals surface area contributed by atoms with Crippen molar-refractivity contribution in [2.75, 3.05) is 32.2 Å². The van der Waals surface area contributed by atoms with Crippen molar-refractivity contribution in [3.63, 3.8) is 0 Å². The Hall–Kier alpha value is -3.07. The second-order valence-corrected chi connectivity index (χ2v) is 9.31. The summed E-state index contributed by atoms with van der Waals surface area (Å²) in [7, 11) is 1.53. The molecule has 1 aliphatic carbocycles. The SMILES string of the molecule is COc1ncc(-c2ccc3nc(NCC4CCOCC4)c(=O)n(CC4CCCCC4)c3n2)cn1. The van der Waals surface area contributed by atoms with Crippen LogP contribution in [0.25, 0.3) is 22.4 Å². The highest BCUT2D eigenvalue weighted by atomic mass is 16.5. The van der Waals surface area contributed by atoms with Gasteiger partial charge in [0.1, 0.15) is 5.52 Å². The molecule has 34 heavy (non-hydrogen) atoms. The first-order valence-corrected chi connectivity index (χ1v) is 12.3. The van der Waals surface area contributed by atoms with Gasteiger partial charge in [0, 0.05) is 44.3 Å². The maximum Gasteiger partial charge on any atom is 0.316 e. The smallest absolute Gasteiger partial charge is 0.316 e. The Morgan fingerprint density at radius 1 is 1.03 bits per heavy atom. The average molecular weight is 465 g/mol. The summed E-state index contributed by atoms with van der Waals surface area (Å²) >= 11 is 0. The summed E-state index contributed by atoms with van der Waals surface area (Å²) in [6.45, 7) is 2.96. The number of rotatable bonds is 7. The van der Waals surface area contributed by atoms with Crippen LogP contribution in [0, 0.1) is 11.8 Å². The van der Waals surface area contributed by atoms with Gasteiger partial charge in [0.25, 0.3) is 5.56 Å². The molecule has 3 aromatic heterocycles. The normalized spacial score (nSPS) is 17.7. The Morgan fingerprint density at radius 3 is 2.53 bits per heavy atom. The monoisotopic (exact) mass is 464 g/mol. The molecule has 4 heterocycles. The van der Waals surface area contributed by atoms with E-state index in [-0.39, 0.29) is 5.56 Å². The van der Waals surface area contributed by atoms with Crippen molar-refractivity contribution in [2.45, 2.75) is 51.5 Å². The molecule has 2 aliphatic rings. The third kappa shape index (κ3) is 5.04. The van der Waals surface area contributed by atoms with E-state index in [1.807, 2.05) is 16.7 Å². The van der Waals surface area contributed by atoms with Crippen molar-refractivity contribution in [2.24, 2.45) is 11.8 Å². The number of methoxy groups -OCH3 is 1. The molecule has 0 aromatic carbocycles. The number of nitrogens with one attached hydrogen (secondary N) is 1. The number of nitrogens with zero attached hydrogens (tertiary/aromatic N) is 5. The first kappa shape index (κ1) is 22.7. The highest BCUT2D eigenvalue weighted by molar-refractivity contribution is 5.76. The molecule has 9 heteroatoms. The maximum atomic E-state index is 13.6. The molecule has 1 saturated carbocycles. The summed E-state index contributed by atoms with van der Waals surface area (Å²) in [4.78, 5) is 31.5. The highest BCUT2D eigenvalue weighted by Gasteiger charge is 2.20. The fraction of sp³-hybridized carbons (Fsp3) is 0.560. The highest BCUT2D eigenvalue weighted by Crippen LogP contribution is 2.27. The van der Waals surface area contributed by atoms with Crippen LogP contribution in [0.15, 0.2) is 29.3 Å². The lowest BCUT2D eigenvalue weighted by Gasteiger charge is -2.24. The fourth-order valence-corrected chi connectivity index (χ4v) is 4.94. The van der Waals surface area contributed by atoms with E-state index in [1.165, 1.54) is 26.4 Å². The van der Waals surface area contributed by atoms with Gasteiger partial charge >= 0.3 is 6.01 Å². The van der Waals surface area contributed by atoms with E-state index in [0.717, 1.165) is 51.0 Å². The van der Waals surface area contributed by atoms with Crippen LogP contribution in [0.3, 0.4) is 0 Å². The lowest BCUT2D eigenvalue weighted by atomic mass is 9.89. The van der Waals surface area contributed by atoms with E-state index in [2.05, 4.69) is 20.3 Å². The van der Waals surface area contributed by atoms with Crippen molar-refractivity contribution in [1.82, 2.24) is 24.5 Å². The predicted octanol–water partition coefficient (Wildman–Crippen LogP) is 3.68. The van der Waals surface area contributed by atoms with Crippen LogP contribution in [0.1, 0.15) is 44.9 Å². The second-order valence-electron chi connectivity index (χ2n) is 9.31. The molecular weight excluding hydrogens is 432 g/mol. The topological polar surface area (TPSA) is 104 Å². The molecule has 1 saturated heterocycles. The van der Waals surface area contributed by atoms with E-state index in [1.54, 1.807) is 12.4 Å². The molecule has 0 unspecified atom stereocenters. The van der Waals surface area contributed by atoms with E-state index >= 15 is 0 Å². The quantitative estimate of drug-likeness (QED) is 0.565. The van der Waals surface area contributed by atoms with Gasteiger partial charge in [0.05, 0.1) is 12.8 Å². The lowest BCUT2D eigenvalue weighted by molar-refractivity contribution is 0.0699. The summed E-state index contributed by atoms with van der Waals surface area (Å²) < 4.78 is 12.4. The minimum atomic E-state index is -0.0965. The largest absolute Gasteiger partial charge is 0.467 e. The van der Waals surface area contributed by atoms with Crippen molar-refractivity contribution in [1.29, 1.82) is 0 Å². The molecule has 1 N–H and O–H groups in total. The van der Waals surface area contributed by atoms with Gasteiger partial charge in [0.15, 0.2) is 11.5 Å². The van der Waals surface area contributed by atoms with Crippen LogP contribution < -0.4 is 15.6 Å². The molecule has 0 bridgehead atoms. The average Bonchev–Trinajstić information content (AvgIpc) is 2.90. The second kappa shape index (κ2) is 10.5. The molecule has 180 valence electrons. The van der Waals surface area contributed by atoms with Crippen LogP contribution in [-0.4, -0.2) is 51.4 Å². The van der Waals surface area contributed by atoms with Gasteiger partial charge in [-0.15, -0.1) is 0 Å². The maximum absolute atomic E-state index is 13.6. The number of fused-ring (bicyclic) bond motifs is 1. The van der Waals surface area contributed by atoms with Gasteiger partial charge in [-0.05, 0) is 49.7 Å². The van der Waals surface area contributed by atoms with Gasteiger partial charge in [-0.2, -0.15) is 0 Å². The van der Waals surface area contributed by atoms with Gasteiger partial charge in [0.2, 0.25) is 0 Å². The fourth-order valence-electron chi connectivity index (χ4n) is 4.94. The molecule has 1 aliphatic heterocycles. The number of anilines is 1. The zero-order valence-electron chi connectivity index (χ0n) is 19.7. The Morgan fingerprint density at radius 2 is 1.79 bits per heavy atom. The van der Waals surface area contributed by atoms with Crippen LogP contribution in [0.2, 0.25) is 0 Å². The number of hydrogen-bond acceptors (Lipinski definition) is 8. The number of pyridine rings is 1. The Balaban J connectivity index is 1.50. The Labute approximate surface area is 199 Å². The van der Waals surface area contributed by atoms with Crippen molar-refractivity contribution < 1.29 is 9.47 Å². The van der Waals surface area contributed by atoms with Gasteiger partial charge < -0.3 is 14.8 Å². The molecule has 0 spiro atoms. The van der Waals surface area contributed by atoms with Gasteiger partial charge in [-0.1, -0.05) is 19.3 Å². The lowest BCUT2D eigenvalue weighted by Crippen LogP contribution is -2.31. The number of hydrogen-bond donors (Lipinski definition) is 1. The van der Waals surface area contributed by atoms with Crippen LogP contribution in [-0.2, 0) is 11.3 Å². The summed E-state index contributed by atoms with van der Waals surface area (Å²) in [6, 6.07) is 4.14. The van der Waals surface area contributed by atoms with Gasteiger partial charge in [-0.25, -0.2) is 19.9 Å². The van der Waals surface area contributed by atoms with Crippen LogP contribution in [0.4, 0.5) is 5.82 Å². The molecular formula is C25H32N6O3. The summed E-state index contributed by atoms with van der Waals surface area (Å²) in [5, 5.41) is 3.35. The van der Waals surface area contributed by atoms with E-state index in [9.17, 15) is 4.79 Å². The zero-order chi connectivity index (χ0) is 23.3. The first-order chi connectivity index (χ1) is 16.7. The standard InChI is InChI=1S/C25H32N6O3/c1-33-25-27-14-19(15-28-25)20-7-8-21-23(30-20)31(16-18-5-3-2-4-6-18)24(32)22(29-21)26-13-17-9-11-34-12-10-17/h7-8,14-15,17-18H,2-6,9-13,16H2,1H3,(H,26,29). The van der Waals surface area contributed by atoms with Crippen LogP contribution >= 0.6 is 0 Å². The van der Waals surface area contributed by atoms with Crippen LogP contribution in [0.5, 0.6) is 6.01 Å². The van der Waals surface area contributed by atoms with Crippen molar-refractivity contribution in [3.05, 3.63) is 34.9 Å². The van der Waals surface area contributed by atoms with E-state index in [0.29, 0.717) is 47.1 Å². The molecule has 5 rings (SSSR count).